The lowest BCUT2D eigenvalue weighted by atomic mass is 10.2. The molecule has 0 atom stereocenters. The molecule has 146 valence electrons. The van der Waals surface area contributed by atoms with E-state index >= 15 is 0 Å². The molecule has 0 radical (unpaired) electrons. The maximum atomic E-state index is 12.0. The molecule has 0 aliphatic carbocycles. The Morgan fingerprint density at radius 2 is 1.45 bits per heavy atom. The Balaban J connectivity index is 1.58. The van der Waals surface area contributed by atoms with Gasteiger partial charge in [-0.15, -0.1) is 0 Å². The van der Waals surface area contributed by atoms with Gasteiger partial charge in [0.25, 0.3) is 5.56 Å². The van der Waals surface area contributed by atoms with E-state index in [0.29, 0.717) is 17.1 Å². The van der Waals surface area contributed by atoms with E-state index in [0.717, 1.165) is 0 Å². The summed E-state index contributed by atoms with van der Waals surface area (Å²) in [5, 5.41) is 0. The first-order valence-electron chi connectivity index (χ1n) is 9.01. The third-order valence-corrected chi connectivity index (χ3v) is 3.91. The third-order valence-electron chi connectivity index (χ3n) is 3.91. The summed E-state index contributed by atoms with van der Waals surface area (Å²) < 4.78 is 11.8. The number of nitrogens with zero attached hydrogens (tertiary/aromatic N) is 1. The molecule has 6 heteroatoms. The van der Waals surface area contributed by atoms with Crippen molar-refractivity contribution >= 4 is 18.0 Å². The molecule has 1 aromatic heterocycles. The molecule has 6 nitrogen and oxygen atoms in total. The zero-order valence-electron chi connectivity index (χ0n) is 15.6. The summed E-state index contributed by atoms with van der Waals surface area (Å²) in [5.74, 6) is -0.0571. The minimum Gasteiger partial charge on any atom is -0.426 e. The average molecular weight is 389 g/mol. The van der Waals surface area contributed by atoms with Gasteiger partial charge in [-0.25, -0.2) is 4.79 Å². The average Bonchev–Trinajstić information content (AvgIpc) is 2.73. The van der Waals surface area contributed by atoms with Crippen molar-refractivity contribution in [2.45, 2.75) is 13.0 Å². The summed E-state index contributed by atoms with van der Waals surface area (Å²) in [6.45, 7) is 0.167. The normalized spacial score (nSPS) is 10.6. The number of hydrogen-bond acceptors (Lipinski definition) is 5. The van der Waals surface area contributed by atoms with Gasteiger partial charge in [0.1, 0.15) is 11.5 Å². The van der Waals surface area contributed by atoms with Crippen molar-refractivity contribution in [2.24, 2.45) is 0 Å². The second-order valence-electron chi connectivity index (χ2n) is 6.10. The van der Waals surface area contributed by atoms with Crippen LogP contribution in [0.15, 0.2) is 89.9 Å². The van der Waals surface area contributed by atoms with Gasteiger partial charge in [0, 0.05) is 24.9 Å². The van der Waals surface area contributed by atoms with E-state index in [-0.39, 0.29) is 18.5 Å². The molecule has 29 heavy (non-hydrogen) atoms. The molecule has 0 unspecified atom stereocenters. The van der Waals surface area contributed by atoms with Crippen LogP contribution in [-0.4, -0.2) is 16.5 Å². The maximum Gasteiger partial charge on any atom is 0.336 e. The summed E-state index contributed by atoms with van der Waals surface area (Å²) in [7, 11) is 0. The lowest BCUT2D eigenvalue weighted by Crippen LogP contribution is -2.21. The molecule has 0 saturated carbocycles. The SMILES string of the molecule is O=C(/C=C/c1ccc(=O)n(CCC(=O)Oc2ccccc2)c1)Oc1ccccc1. The number of aromatic nitrogens is 1. The molecule has 0 fully saturated rings. The molecule has 0 saturated heterocycles. The quantitative estimate of drug-likeness (QED) is 0.351. The molecule has 0 spiro atoms. The van der Waals surface area contributed by atoms with Crippen molar-refractivity contribution in [1.29, 1.82) is 0 Å². The Kier molecular flexibility index (Phi) is 6.73. The number of carbonyl (C=O) groups is 2. The van der Waals surface area contributed by atoms with Crippen molar-refractivity contribution in [2.75, 3.05) is 0 Å². The third kappa shape index (κ3) is 6.32. The summed E-state index contributed by atoms with van der Waals surface area (Å²) in [5.41, 5.74) is 0.382. The van der Waals surface area contributed by atoms with Crippen LogP contribution < -0.4 is 15.0 Å². The van der Waals surface area contributed by atoms with E-state index in [9.17, 15) is 14.4 Å². The maximum absolute atomic E-state index is 12.0. The Labute approximate surface area is 167 Å². The van der Waals surface area contributed by atoms with Crippen molar-refractivity contribution < 1.29 is 19.1 Å². The van der Waals surface area contributed by atoms with Crippen LogP contribution in [0, 0.1) is 0 Å². The molecule has 3 aromatic rings. The first-order valence-corrected chi connectivity index (χ1v) is 9.01. The summed E-state index contributed by atoms with van der Waals surface area (Å²) >= 11 is 0. The van der Waals surface area contributed by atoms with Gasteiger partial charge in [0.2, 0.25) is 0 Å². The van der Waals surface area contributed by atoms with Crippen molar-refractivity contribution in [3.63, 3.8) is 0 Å². The van der Waals surface area contributed by atoms with Crippen LogP contribution in [0.1, 0.15) is 12.0 Å². The van der Waals surface area contributed by atoms with E-state index in [1.54, 1.807) is 66.9 Å². The number of esters is 2. The summed E-state index contributed by atoms with van der Waals surface area (Å²) in [6.07, 6.45) is 4.44. The first kappa shape index (κ1) is 19.8. The smallest absolute Gasteiger partial charge is 0.336 e. The molecule has 0 N–H and O–H groups in total. The van der Waals surface area contributed by atoms with Crippen molar-refractivity contribution in [1.82, 2.24) is 4.57 Å². The summed E-state index contributed by atoms with van der Waals surface area (Å²) in [4.78, 5) is 35.9. The number of aryl methyl sites for hydroxylation is 1. The molecular formula is C23H19NO5. The molecule has 0 aliphatic rings. The Bertz CT molecular complexity index is 1060. The van der Waals surface area contributed by atoms with E-state index in [1.807, 2.05) is 12.1 Å². The van der Waals surface area contributed by atoms with Gasteiger partial charge < -0.3 is 14.0 Å². The zero-order valence-corrected chi connectivity index (χ0v) is 15.6. The highest BCUT2D eigenvalue weighted by Crippen LogP contribution is 2.10. The molecule has 0 amide bonds. The van der Waals surface area contributed by atoms with Crippen molar-refractivity contribution in [3.8, 4) is 11.5 Å². The van der Waals surface area contributed by atoms with Crippen molar-refractivity contribution in [3.05, 3.63) is 101 Å². The number of carbonyl (C=O) groups excluding carboxylic acids is 2. The number of ether oxygens (including phenoxy) is 2. The molecule has 3 rings (SSSR count). The van der Waals surface area contributed by atoms with Crippen LogP contribution in [0.2, 0.25) is 0 Å². The first-order chi connectivity index (χ1) is 14.1. The van der Waals surface area contributed by atoms with Crippen LogP contribution in [0.4, 0.5) is 0 Å². The fourth-order valence-corrected chi connectivity index (χ4v) is 2.51. The van der Waals surface area contributed by atoms with E-state index in [2.05, 4.69) is 0 Å². The van der Waals surface area contributed by atoms with Crippen LogP contribution in [0.3, 0.4) is 0 Å². The Hall–Kier alpha value is -3.93. The highest BCUT2D eigenvalue weighted by atomic mass is 16.5. The second kappa shape index (κ2) is 9.85. The fourth-order valence-electron chi connectivity index (χ4n) is 2.51. The zero-order chi connectivity index (χ0) is 20.5. The van der Waals surface area contributed by atoms with Gasteiger partial charge in [0.05, 0.1) is 6.42 Å². The van der Waals surface area contributed by atoms with Crippen LogP contribution in [0.25, 0.3) is 6.08 Å². The van der Waals surface area contributed by atoms with Crippen LogP contribution in [0.5, 0.6) is 11.5 Å². The monoisotopic (exact) mass is 389 g/mol. The topological polar surface area (TPSA) is 74.6 Å². The minimum atomic E-state index is -0.527. The minimum absolute atomic E-state index is 0.0397. The van der Waals surface area contributed by atoms with E-state index < -0.39 is 11.9 Å². The Morgan fingerprint density at radius 1 is 0.828 bits per heavy atom. The van der Waals surface area contributed by atoms with E-state index in [4.69, 9.17) is 9.47 Å². The highest BCUT2D eigenvalue weighted by Gasteiger charge is 2.06. The predicted octanol–water partition coefficient (Wildman–Crippen LogP) is 3.46. The molecule has 1 heterocycles. The molecule has 0 aliphatic heterocycles. The lowest BCUT2D eigenvalue weighted by molar-refractivity contribution is -0.134. The summed E-state index contributed by atoms with van der Waals surface area (Å²) in [6, 6.07) is 20.4. The second-order valence-corrected chi connectivity index (χ2v) is 6.10. The number of pyridine rings is 1. The number of benzene rings is 2. The van der Waals surface area contributed by atoms with Gasteiger partial charge in [-0.1, -0.05) is 36.4 Å². The highest BCUT2D eigenvalue weighted by molar-refractivity contribution is 5.88. The number of para-hydroxylation sites is 2. The largest absolute Gasteiger partial charge is 0.426 e. The number of rotatable bonds is 7. The van der Waals surface area contributed by atoms with Crippen LogP contribution >= 0.6 is 0 Å². The number of hydrogen-bond donors (Lipinski definition) is 0. The van der Waals surface area contributed by atoms with Gasteiger partial charge in [0.15, 0.2) is 0 Å². The fraction of sp³-hybridized carbons (Fsp3) is 0.0870. The standard InChI is InChI=1S/C23H19NO5/c25-21-13-11-18(12-14-22(26)28-19-7-3-1-4-8-19)17-24(21)16-15-23(27)29-20-9-5-2-6-10-20/h1-14,17H,15-16H2/b14-12+. The molecule has 0 bridgehead atoms. The van der Waals surface area contributed by atoms with E-state index in [1.165, 1.54) is 16.7 Å². The van der Waals surface area contributed by atoms with Gasteiger partial charge in [-0.2, -0.15) is 0 Å². The van der Waals surface area contributed by atoms with Gasteiger partial charge in [-0.05, 0) is 42.0 Å². The molecular weight excluding hydrogens is 370 g/mol. The predicted molar refractivity (Wildman–Crippen MR) is 109 cm³/mol. The van der Waals surface area contributed by atoms with Crippen LogP contribution in [-0.2, 0) is 16.1 Å². The van der Waals surface area contributed by atoms with Gasteiger partial charge >= 0.3 is 11.9 Å². The Morgan fingerprint density at radius 3 is 2.10 bits per heavy atom. The lowest BCUT2D eigenvalue weighted by Gasteiger charge is -2.07. The molecule has 2 aromatic carbocycles. The van der Waals surface area contributed by atoms with Gasteiger partial charge in [-0.3, -0.25) is 9.59 Å².